The topological polar surface area (TPSA) is 60.7 Å². The summed E-state index contributed by atoms with van der Waals surface area (Å²) in [5.41, 5.74) is 6.29. The van der Waals surface area contributed by atoms with Gasteiger partial charge in [0.05, 0.1) is 0 Å². The van der Waals surface area contributed by atoms with Crippen LogP contribution < -0.4 is 0 Å². The molecule has 0 aromatic heterocycles. The Labute approximate surface area is 143 Å². The number of aliphatic hydroxyl groups is 3. The number of hydrogen-bond acceptors (Lipinski definition) is 3. The van der Waals surface area contributed by atoms with Crippen LogP contribution in [-0.2, 0) is 21.7 Å². The summed E-state index contributed by atoms with van der Waals surface area (Å²) in [4.78, 5) is 0. The Kier molecular flexibility index (Phi) is 14.2. The molecule has 0 heterocycles. The molecule has 2 aliphatic rings. The third-order valence-electron chi connectivity index (χ3n) is 3.56. The quantitative estimate of drug-likeness (QED) is 0.507. The molecule has 2 aliphatic carbocycles. The molecule has 3 rings (SSSR count). The van der Waals surface area contributed by atoms with Crippen LogP contribution in [-0.4, -0.2) is 36.6 Å². The zero-order valence-electron chi connectivity index (χ0n) is 13.4. The molecule has 1 aromatic carbocycles. The third kappa shape index (κ3) is 5.28. The minimum atomic E-state index is 0. The van der Waals surface area contributed by atoms with Gasteiger partial charge in [0, 0.05) is 43.0 Å². The van der Waals surface area contributed by atoms with Gasteiger partial charge in [-0.25, -0.2) is 12.0 Å². The van der Waals surface area contributed by atoms with Crippen LogP contribution in [0.4, 0.5) is 0 Å². The van der Waals surface area contributed by atoms with Gasteiger partial charge in [-0.2, -0.15) is 5.57 Å². The number of aliphatic hydroxyl groups excluding tert-OH is 3. The van der Waals surface area contributed by atoms with E-state index in [0.29, 0.717) is 5.92 Å². The smallest absolute Gasteiger partial charge is 0.0319 e. The Morgan fingerprint density at radius 3 is 2.19 bits per heavy atom. The van der Waals surface area contributed by atoms with Crippen molar-refractivity contribution in [2.45, 2.75) is 32.1 Å². The maximum absolute atomic E-state index is 7.00. The van der Waals surface area contributed by atoms with Crippen LogP contribution in [0.25, 0.3) is 5.57 Å². The molecule has 0 saturated carbocycles. The van der Waals surface area contributed by atoms with E-state index in [1.165, 1.54) is 30.4 Å². The summed E-state index contributed by atoms with van der Waals surface area (Å²) in [5, 5.41) is 21.0. The first kappa shape index (κ1) is 22.7. The van der Waals surface area contributed by atoms with Crippen LogP contribution >= 0.6 is 0 Å². The molecule has 0 saturated heterocycles. The van der Waals surface area contributed by atoms with Crippen molar-refractivity contribution in [2.24, 2.45) is 0 Å². The van der Waals surface area contributed by atoms with Crippen molar-refractivity contribution in [3.8, 4) is 0 Å². The molecule has 0 aliphatic heterocycles. The summed E-state index contributed by atoms with van der Waals surface area (Å²) in [5.74, 6) is 0.640. The molecule has 0 spiro atoms. The second-order valence-corrected chi connectivity index (χ2v) is 4.34. The molecule has 1 aromatic rings. The summed E-state index contributed by atoms with van der Waals surface area (Å²) in [6.07, 6.45) is 6.34. The standard InChI is InChI=1S/C14H15.3CH4O.Ti/c1-10-11-6-2-4-8-13(11)14-9-5-3-7-12(10)14;3*1-2;/h2,4,6-8,10H,3,5,9H2,1H3;3*2H,1H3;/q-1;;;;. The summed E-state index contributed by atoms with van der Waals surface area (Å²) < 4.78 is 0. The Bertz CT molecular complexity index is 416. The van der Waals surface area contributed by atoms with Gasteiger partial charge in [-0.3, -0.25) is 0 Å². The fraction of sp³-hybridized carbons (Fsp3) is 0.471. The molecule has 1 atom stereocenters. The summed E-state index contributed by atoms with van der Waals surface area (Å²) >= 11 is 0. The predicted molar refractivity (Wildman–Crippen MR) is 84.4 cm³/mol. The van der Waals surface area contributed by atoms with E-state index >= 15 is 0 Å². The average molecular weight is 327 g/mol. The number of fused-ring (bicyclic) bond motifs is 2. The predicted octanol–water partition coefficient (Wildman–Crippen LogP) is 2.77. The van der Waals surface area contributed by atoms with E-state index < -0.39 is 0 Å². The van der Waals surface area contributed by atoms with Gasteiger partial charge in [0.1, 0.15) is 0 Å². The van der Waals surface area contributed by atoms with Crippen molar-refractivity contribution >= 4 is 5.57 Å². The van der Waals surface area contributed by atoms with Gasteiger partial charge >= 0.3 is 0 Å². The van der Waals surface area contributed by atoms with E-state index in [0.717, 1.165) is 21.3 Å². The van der Waals surface area contributed by atoms with Gasteiger partial charge in [0.25, 0.3) is 0 Å². The Morgan fingerprint density at radius 1 is 1.00 bits per heavy atom. The zero-order chi connectivity index (χ0) is 15.5. The normalized spacial score (nSPS) is 17.0. The fourth-order valence-corrected chi connectivity index (χ4v) is 2.85. The molecule has 4 heteroatoms. The molecule has 0 amide bonds. The monoisotopic (exact) mass is 327 g/mol. The van der Waals surface area contributed by atoms with Crippen molar-refractivity contribution in [2.75, 3.05) is 21.3 Å². The first-order valence-electron chi connectivity index (χ1n) is 6.87. The largest absolute Gasteiger partial charge is 0.400 e. The maximum atomic E-state index is 7.00. The molecule has 3 nitrogen and oxygen atoms in total. The molecule has 118 valence electrons. The van der Waals surface area contributed by atoms with Gasteiger partial charge in [0.2, 0.25) is 0 Å². The first-order valence-corrected chi connectivity index (χ1v) is 6.87. The maximum Gasteiger partial charge on any atom is 0.0319 e. The van der Waals surface area contributed by atoms with Crippen LogP contribution in [0, 0.1) is 6.42 Å². The van der Waals surface area contributed by atoms with Crippen LogP contribution in [0.15, 0.2) is 29.8 Å². The minimum Gasteiger partial charge on any atom is -0.400 e. The van der Waals surface area contributed by atoms with Gasteiger partial charge in [-0.15, -0.1) is 6.42 Å². The Morgan fingerprint density at radius 2 is 1.57 bits per heavy atom. The minimum absolute atomic E-state index is 0. The van der Waals surface area contributed by atoms with E-state index in [2.05, 4.69) is 37.6 Å². The van der Waals surface area contributed by atoms with Crippen LogP contribution in [0.3, 0.4) is 0 Å². The van der Waals surface area contributed by atoms with E-state index in [1.807, 2.05) is 0 Å². The van der Waals surface area contributed by atoms with E-state index in [1.54, 1.807) is 11.1 Å². The first-order chi connectivity index (χ1) is 9.88. The number of allylic oxidation sites excluding steroid dienone is 2. The molecular weight excluding hydrogens is 300 g/mol. The van der Waals surface area contributed by atoms with E-state index in [-0.39, 0.29) is 21.7 Å². The molecule has 21 heavy (non-hydrogen) atoms. The summed E-state index contributed by atoms with van der Waals surface area (Å²) in [6, 6.07) is 8.89. The SMILES string of the molecule is CC1C2=C(CCC[CH-]2)c2ccccc21.CO.CO.CO.[Ti]. The molecule has 3 N–H and O–H groups in total. The zero-order valence-corrected chi connectivity index (χ0v) is 15.0. The number of rotatable bonds is 0. The molecule has 0 bridgehead atoms. The van der Waals surface area contributed by atoms with Crippen LogP contribution in [0.2, 0.25) is 0 Å². The number of hydrogen-bond donors (Lipinski definition) is 3. The fourth-order valence-electron chi connectivity index (χ4n) is 2.85. The van der Waals surface area contributed by atoms with E-state index in [9.17, 15) is 0 Å². The van der Waals surface area contributed by atoms with Crippen molar-refractivity contribution in [1.29, 1.82) is 0 Å². The van der Waals surface area contributed by atoms with Crippen molar-refractivity contribution in [3.05, 3.63) is 47.4 Å². The second kappa shape index (κ2) is 13.1. The average Bonchev–Trinajstić information content (AvgIpc) is 2.87. The summed E-state index contributed by atoms with van der Waals surface area (Å²) in [7, 11) is 3.00. The third-order valence-corrected chi connectivity index (χ3v) is 3.56. The van der Waals surface area contributed by atoms with Crippen LogP contribution in [0.1, 0.15) is 43.2 Å². The van der Waals surface area contributed by atoms with E-state index in [4.69, 9.17) is 15.3 Å². The van der Waals surface area contributed by atoms with Crippen molar-refractivity contribution in [3.63, 3.8) is 0 Å². The Hall–Kier alpha value is -0.576. The number of benzene rings is 1. The van der Waals surface area contributed by atoms with Gasteiger partial charge in [-0.05, 0) is 5.92 Å². The second-order valence-electron chi connectivity index (χ2n) is 4.34. The van der Waals surface area contributed by atoms with Gasteiger partial charge < -0.3 is 15.3 Å². The van der Waals surface area contributed by atoms with Crippen LogP contribution in [0.5, 0.6) is 0 Å². The molecule has 0 fully saturated rings. The van der Waals surface area contributed by atoms with Gasteiger partial charge in [-0.1, -0.05) is 55.2 Å². The molecule has 0 radical (unpaired) electrons. The Balaban J connectivity index is 0. The van der Waals surface area contributed by atoms with Crippen molar-refractivity contribution < 1.29 is 37.0 Å². The molecular formula is C17H27O3Ti-. The summed E-state index contributed by atoms with van der Waals surface area (Å²) in [6.45, 7) is 2.34. The molecule has 1 unspecified atom stereocenters. The van der Waals surface area contributed by atoms with Crippen molar-refractivity contribution in [1.82, 2.24) is 0 Å². The van der Waals surface area contributed by atoms with Gasteiger partial charge in [0.15, 0.2) is 0 Å².